The van der Waals surface area contributed by atoms with Crippen molar-refractivity contribution in [1.29, 1.82) is 0 Å². The number of nitrogens with one attached hydrogen (secondary N) is 1. The maximum atomic E-state index is 12.9. The molecule has 1 aliphatic carbocycles. The number of amides is 1. The Bertz CT molecular complexity index is 550. The highest BCUT2D eigenvalue weighted by atomic mass is 19.2. The van der Waals surface area contributed by atoms with Gasteiger partial charge in [-0.2, -0.15) is 0 Å². The number of ether oxygens (including phenoxy) is 1. The van der Waals surface area contributed by atoms with E-state index in [0.29, 0.717) is 12.8 Å². The number of carbonyl (C=O) groups is 2. The first-order valence-corrected chi connectivity index (χ1v) is 6.57. The van der Waals surface area contributed by atoms with Crippen molar-refractivity contribution in [3.63, 3.8) is 0 Å². The molecule has 2 rings (SSSR count). The summed E-state index contributed by atoms with van der Waals surface area (Å²) in [5.41, 5.74) is 0. The Labute approximate surface area is 119 Å². The molecule has 1 aliphatic rings. The Hall–Kier alpha value is -2.18. The summed E-state index contributed by atoms with van der Waals surface area (Å²) < 4.78 is 30.8. The molecule has 0 bridgehead atoms. The van der Waals surface area contributed by atoms with E-state index in [1.165, 1.54) is 6.07 Å². The van der Waals surface area contributed by atoms with E-state index in [1.807, 2.05) is 0 Å². The summed E-state index contributed by atoms with van der Waals surface area (Å²) in [7, 11) is 0. The van der Waals surface area contributed by atoms with Gasteiger partial charge in [-0.3, -0.25) is 9.59 Å². The van der Waals surface area contributed by atoms with E-state index in [1.54, 1.807) is 0 Å². The molecule has 21 heavy (non-hydrogen) atoms. The molecule has 0 heterocycles. The van der Waals surface area contributed by atoms with Crippen LogP contribution in [-0.4, -0.2) is 30.1 Å². The van der Waals surface area contributed by atoms with Gasteiger partial charge in [0.25, 0.3) is 0 Å². The largest absolute Gasteiger partial charge is 0.492 e. The number of carboxylic acids is 1. The van der Waals surface area contributed by atoms with E-state index < -0.39 is 29.4 Å². The second-order valence-corrected chi connectivity index (χ2v) is 4.84. The van der Waals surface area contributed by atoms with Crippen molar-refractivity contribution in [2.75, 3.05) is 13.2 Å². The number of rotatable bonds is 6. The zero-order valence-corrected chi connectivity index (χ0v) is 11.1. The molecule has 114 valence electrons. The lowest BCUT2D eigenvalue weighted by atomic mass is 9.73. The molecule has 5 nitrogen and oxygen atoms in total. The van der Waals surface area contributed by atoms with Gasteiger partial charge in [0, 0.05) is 6.07 Å². The first kappa shape index (κ1) is 15.2. The van der Waals surface area contributed by atoms with Crippen LogP contribution in [0.5, 0.6) is 5.75 Å². The van der Waals surface area contributed by atoms with Gasteiger partial charge in [-0.25, -0.2) is 8.78 Å². The van der Waals surface area contributed by atoms with Crippen molar-refractivity contribution in [3.05, 3.63) is 29.8 Å². The Morgan fingerprint density at radius 2 is 1.95 bits per heavy atom. The van der Waals surface area contributed by atoms with Gasteiger partial charge in [0.1, 0.15) is 12.4 Å². The molecule has 1 amide bonds. The summed E-state index contributed by atoms with van der Waals surface area (Å²) in [5, 5.41) is 11.4. The number of carbonyl (C=O) groups excluding carboxylic acids is 1. The Morgan fingerprint density at radius 1 is 1.24 bits per heavy atom. The number of benzene rings is 1. The molecule has 0 saturated heterocycles. The van der Waals surface area contributed by atoms with Crippen LogP contribution < -0.4 is 10.1 Å². The maximum absolute atomic E-state index is 12.9. The maximum Gasteiger partial charge on any atom is 0.307 e. The molecule has 2 atom stereocenters. The quantitative estimate of drug-likeness (QED) is 0.782. The minimum atomic E-state index is -1.00. The topological polar surface area (TPSA) is 75.6 Å². The molecule has 0 radical (unpaired) electrons. The standard InChI is InChI=1S/C14H15F2NO4/c15-11-4-1-8(7-12(11)16)21-6-5-17-13(18)9-2-3-10(9)14(19)20/h1,4,7,9-10H,2-3,5-6H2,(H,17,18)(H,19,20). The van der Waals surface area contributed by atoms with E-state index in [4.69, 9.17) is 9.84 Å². The highest BCUT2D eigenvalue weighted by molar-refractivity contribution is 5.86. The summed E-state index contributed by atoms with van der Waals surface area (Å²) in [6.45, 7) is 0.252. The highest BCUT2D eigenvalue weighted by Gasteiger charge is 2.41. The van der Waals surface area contributed by atoms with Gasteiger partial charge in [-0.05, 0) is 25.0 Å². The highest BCUT2D eigenvalue weighted by Crippen LogP contribution is 2.34. The number of aliphatic carboxylic acids is 1. The average molecular weight is 299 g/mol. The molecular weight excluding hydrogens is 284 g/mol. The average Bonchev–Trinajstić information content (AvgIpc) is 2.36. The van der Waals surface area contributed by atoms with Crippen molar-refractivity contribution in [2.24, 2.45) is 11.8 Å². The van der Waals surface area contributed by atoms with E-state index in [2.05, 4.69) is 5.32 Å². The van der Waals surface area contributed by atoms with E-state index in [9.17, 15) is 18.4 Å². The molecule has 0 aromatic heterocycles. The third-order valence-electron chi connectivity index (χ3n) is 3.49. The molecule has 1 saturated carbocycles. The van der Waals surface area contributed by atoms with Crippen molar-refractivity contribution in [2.45, 2.75) is 12.8 Å². The van der Waals surface area contributed by atoms with Crippen LogP contribution >= 0.6 is 0 Å². The SMILES string of the molecule is O=C(O)C1CCC1C(=O)NCCOc1ccc(F)c(F)c1. The van der Waals surface area contributed by atoms with Crippen molar-refractivity contribution in [3.8, 4) is 5.75 Å². The van der Waals surface area contributed by atoms with Crippen LogP contribution in [0.2, 0.25) is 0 Å². The van der Waals surface area contributed by atoms with Crippen LogP contribution in [0.15, 0.2) is 18.2 Å². The van der Waals surface area contributed by atoms with Crippen LogP contribution in [0.4, 0.5) is 8.78 Å². The van der Waals surface area contributed by atoms with E-state index in [0.717, 1.165) is 12.1 Å². The van der Waals surface area contributed by atoms with Crippen molar-refractivity contribution >= 4 is 11.9 Å². The molecule has 0 aliphatic heterocycles. The van der Waals surface area contributed by atoms with Gasteiger partial charge < -0.3 is 15.2 Å². The summed E-state index contributed by atoms with van der Waals surface area (Å²) in [5.74, 6) is -4.18. The number of halogens is 2. The van der Waals surface area contributed by atoms with Crippen LogP contribution in [0.1, 0.15) is 12.8 Å². The Balaban J connectivity index is 1.71. The second-order valence-electron chi connectivity index (χ2n) is 4.84. The lowest BCUT2D eigenvalue weighted by Crippen LogP contribution is -2.44. The zero-order valence-electron chi connectivity index (χ0n) is 11.1. The molecule has 0 spiro atoms. The lowest BCUT2D eigenvalue weighted by molar-refractivity contribution is -0.152. The van der Waals surface area contributed by atoms with Crippen molar-refractivity contribution in [1.82, 2.24) is 5.32 Å². The first-order chi connectivity index (χ1) is 9.99. The summed E-state index contributed by atoms with van der Waals surface area (Å²) in [6, 6.07) is 3.16. The Morgan fingerprint density at radius 3 is 2.52 bits per heavy atom. The summed E-state index contributed by atoms with van der Waals surface area (Å²) in [6.07, 6.45) is 1.08. The molecule has 1 aromatic rings. The molecule has 2 unspecified atom stereocenters. The monoisotopic (exact) mass is 299 g/mol. The second kappa shape index (κ2) is 6.51. The first-order valence-electron chi connectivity index (χ1n) is 6.57. The summed E-state index contributed by atoms with van der Waals surface area (Å²) >= 11 is 0. The van der Waals surface area contributed by atoms with Gasteiger partial charge in [0.05, 0.1) is 18.4 Å². The van der Waals surface area contributed by atoms with Gasteiger partial charge in [0.2, 0.25) is 5.91 Å². The van der Waals surface area contributed by atoms with Gasteiger partial charge in [-0.15, -0.1) is 0 Å². The van der Waals surface area contributed by atoms with Crippen LogP contribution in [0, 0.1) is 23.5 Å². The summed E-state index contributed by atoms with van der Waals surface area (Å²) in [4.78, 5) is 22.5. The molecule has 1 aromatic carbocycles. The molecule has 2 N–H and O–H groups in total. The van der Waals surface area contributed by atoms with E-state index in [-0.39, 0.29) is 24.8 Å². The lowest BCUT2D eigenvalue weighted by Gasteiger charge is -2.31. The minimum absolute atomic E-state index is 0.0846. The van der Waals surface area contributed by atoms with Crippen LogP contribution in [-0.2, 0) is 9.59 Å². The fourth-order valence-electron chi connectivity index (χ4n) is 2.15. The number of hydrogen-bond acceptors (Lipinski definition) is 3. The van der Waals surface area contributed by atoms with Crippen LogP contribution in [0.3, 0.4) is 0 Å². The number of hydrogen-bond donors (Lipinski definition) is 2. The van der Waals surface area contributed by atoms with Gasteiger partial charge >= 0.3 is 5.97 Å². The predicted octanol–water partition coefficient (Wildman–Crippen LogP) is 1.57. The van der Waals surface area contributed by atoms with Crippen LogP contribution in [0.25, 0.3) is 0 Å². The van der Waals surface area contributed by atoms with Gasteiger partial charge in [0.15, 0.2) is 11.6 Å². The Kier molecular flexibility index (Phi) is 4.72. The fraction of sp³-hybridized carbons (Fsp3) is 0.429. The normalized spacial score (nSPS) is 20.5. The zero-order chi connectivity index (χ0) is 15.4. The van der Waals surface area contributed by atoms with Gasteiger partial charge in [-0.1, -0.05) is 0 Å². The molecule has 7 heteroatoms. The third-order valence-corrected chi connectivity index (χ3v) is 3.49. The third kappa shape index (κ3) is 3.68. The van der Waals surface area contributed by atoms with Crippen molar-refractivity contribution < 1.29 is 28.2 Å². The molecular formula is C14H15F2NO4. The number of carboxylic acid groups (broad SMARTS) is 1. The minimum Gasteiger partial charge on any atom is -0.492 e. The fourth-order valence-corrected chi connectivity index (χ4v) is 2.15. The van der Waals surface area contributed by atoms with E-state index >= 15 is 0 Å². The predicted molar refractivity (Wildman–Crippen MR) is 68.7 cm³/mol. The smallest absolute Gasteiger partial charge is 0.307 e. The molecule has 1 fully saturated rings.